The maximum atomic E-state index is 5.70. The van der Waals surface area contributed by atoms with Gasteiger partial charge in [0.25, 0.3) is 0 Å². The molecule has 30 heavy (non-hydrogen) atoms. The summed E-state index contributed by atoms with van der Waals surface area (Å²) in [5.41, 5.74) is 19.6. The van der Waals surface area contributed by atoms with Gasteiger partial charge in [-0.1, -0.05) is 6.07 Å². The van der Waals surface area contributed by atoms with Crippen LogP contribution in [0.2, 0.25) is 0 Å². The number of fused-ring (bicyclic) bond motifs is 2. The van der Waals surface area contributed by atoms with Crippen LogP contribution in [-0.4, -0.2) is 9.97 Å². The van der Waals surface area contributed by atoms with Crippen LogP contribution in [0.3, 0.4) is 0 Å². The largest absolute Gasteiger partial charge is 0.397 e. The maximum absolute atomic E-state index is 5.70. The van der Waals surface area contributed by atoms with Crippen molar-refractivity contribution in [1.82, 2.24) is 9.97 Å². The predicted molar refractivity (Wildman–Crippen MR) is 123 cm³/mol. The van der Waals surface area contributed by atoms with Gasteiger partial charge >= 0.3 is 0 Å². The van der Waals surface area contributed by atoms with Crippen LogP contribution in [0.4, 0.5) is 45.8 Å². The number of hydrogen-bond acceptors (Lipinski definition) is 7. The van der Waals surface area contributed by atoms with Gasteiger partial charge < -0.3 is 27.4 Å². The molecule has 0 saturated heterocycles. The van der Waals surface area contributed by atoms with Crippen molar-refractivity contribution in [3.05, 3.63) is 84.2 Å². The van der Waals surface area contributed by atoms with Crippen molar-refractivity contribution in [1.29, 1.82) is 0 Å². The van der Waals surface area contributed by atoms with Crippen molar-refractivity contribution in [2.24, 2.45) is 0 Å². The van der Waals surface area contributed by atoms with Crippen LogP contribution in [0.25, 0.3) is 0 Å². The van der Waals surface area contributed by atoms with Gasteiger partial charge in [-0.15, -0.1) is 0 Å². The van der Waals surface area contributed by atoms with E-state index in [2.05, 4.69) is 56.3 Å². The van der Waals surface area contributed by atoms with Crippen LogP contribution in [-0.2, 0) is 6.42 Å². The second-order valence-corrected chi connectivity index (χ2v) is 7.24. The lowest BCUT2D eigenvalue weighted by Gasteiger charge is -2.23. The molecular formula is C23H21N7. The number of nitrogens with zero attached hydrogens (tertiary/aromatic N) is 2. The first-order valence-electron chi connectivity index (χ1n) is 9.62. The van der Waals surface area contributed by atoms with Crippen molar-refractivity contribution in [3.8, 4) is 0 Å². The lowest BCUT2D eigenvalue weighted by atomic mass is 9.96. The molecular weight excluding hydrogens is 374 g/mol. The number of pyridine rings is 2. The molecule has 7 heteroatoms. The number of nitrogens with one attached hydrogen (secondary N) is 3. The highest BCUT2D eigenvalue weighted by Gasteiger charge is 2.16. The zero-order chi connectivity index (χ0) is 20.5. The molecule has 0 fully saturated rings. The van der Waals surface area contributed by atoms with Gasteiger partial charge in [-0.05, 0) is 65.7 Å². The molecule has 2 aromatic carbocycles. The van der Waals surface area contributed by atoms with Gasteiger partial charge in [-0.25, -0.2) is 9.97 Å². The molecule has 0 amide bonds. The van der Waals surface area contributed by atoms with E-state index in [9.17, 15) is 0 Å². The molecule has 2 aromatic heterocycles. The summed E-state index contributed by atoms with van der Waals surface area (Å²) in [6.07, 6.45) is 4.22. The highest BCUT2D eigenvalue weighted by Crippen LogP contribution is 2.36. The van der Waals surface area contributed by atoms with E-state index in [-0.39, 0.29) is 0 Å². The van der Waals surface area contributed by atoms with E-state index >= 15 is 0 Å². The van der Waals surface area contributed by atoms with E-state index in [1.807, 2.05) is 24.3 Å². The minimum atomic E-state index is 0.507. The first kappa shape index (κ1) is 17.8. The highest BCUT2D eigenvalue weighted by molar-refractivity contribution is 5.78. The Morgan fingerprint density at radius 2 is 1.53 bits per heavy atom. The summed E-state index contributed by atoms with van der Waals surface area (Å²) in [4.78, 5) is 8.42. The second-order valence-electron chi connectivity index (χ2n) is 7.24. The number of rotatable bonds is 4. The van der Waals surface area contributed by atoms with Gasteiger partial charge in [0.15, 0.2) is 0 Å². The third-order valence-corrected chi connectivity index (χ3v) is 5.00. The number of nitrogen functional groups attached to an aromatic ring is 2. The second kappa shape index (κ2) is 7.29. The molecule has 1 aliphatic rings. The summed E-state index contributed by atoms with van der Waals surface area (Å²) in [5.74, 6) is 1.26. The molecule has 5 rings (SSSR count). The maximum Gasteiger partial charge on any atom is 0.130 e. The Bertz CT molecular complexity index is 1100. The minimum absolute atomic E-state index is 0.507. The Hall–Kier alpha value is -4.26. The van der Waals surface area contributed by atoms with Gasteiger partial charge in [-0.3, -0.25) is 0 Å². The van der Waals surface area contributed by atoms with Crippen molar-refractivity contribution in [3.63, 3.8) is 0 Å². The van der Waals surface area contributed by atoms with Crippen LogP contribution in [0.5, 0.6) is 0 Å². The van der Waals surface area contributed by atoms with E-state index in [0.29, 0.717) is 11.5 Å². The van der Waals surface area contributed by atoms with Crippen LogP contribution in [0.15, 0.2) is 73.1 Å². The zero-order valence-electron chi connectivity index (χ0n) is 16.2. The summed E-state index contributed by atoms with van der Waals surface area (Å²) < 4.78 is 0. The first-order chi connectivity index (χ1) is 14.6. The third kappa shape index (κ3) is 3.68. The van der Waals surface area contributed by atoms with E-state index in [1.54, 1.807) is 18.5 Å². The van der Waals surface area contributed by atoms with Gasteiger partial charge in [0, 0.05) is 29.2 Å². The summed E-state index contributed by atoms with van der Waals surface area (Å²) in [6.45, 7) is 0. The Labute approximate surface area is 174 Å². The lowest BCUT2D eigenvalue weighted by Crippen LogP contribution is -2.08. The highest BCUT2D eigenvalue weighted by atomic mass is 15.0. The fourth-order valence-corrected chi connectivity index (χ4v) is 3.49. The summed E-state index contributed by atoms with van der Waals surface area (Å²) >= 11 is 0. The fraction of sp³-hybridized carbons (Fsp3) is 0.0435. The lowest BCUT2D eigenvalue weighted by molar-refractivity contribution is 1.16. The quantitative estimate of drug-likeness (QED) is 0.298. The summed E-state index contributed by atoms with van der Waals surface area (Å²) in [6, 6.07) is 20.0. The SMILES string of the molecule is Nc1ccc(Nc2ccc3c(c2)Nc2ccc(Nc4ccc(N)nc4)cc2C3)nc1. The van der Waals surface area contributed by atoms with Crippen molar-refractivity contribution in [2.45, 2.75) is 6.42 Å². The molecule has 1 aliphatic heterocycles. The zero-order valence-corrected chi connectivity index (χ0v) is 16.2. The molecule has 0 radical (unpaired) electrons. The van der Waals surface area contributed by atoms with Crippen molar-refractivity contribution in [2.75, 3.05) is 27.4 Å². The van der Waals surface area contributed by atoms with E-state index in [0.717, 1.165) is 40.7 Å². The predicted octanol–water partition coefficient (Wildman–Crippen LogP) is 4.78. The molecule has 0 aliphatic carbocycles. The number of aromatic nitrogens is 2. The third-order valence-electron chi connectivity index (χ3n) is 5.00. The smallest absolute Gasteiger partial charge is 0.130 e. The van der Waals surface area contributed by atoms with E-state index in [4.69, 9.17) is 11.5 Å². The number of hydrogen-bond donors (Lipinski definition) is 5. The summed E-state index contributed by atoms with van der Waals surface area (Å²) in [5, 5.41) is 10.2. The fourth-order valence-electron chi connectivity index (χ4n) is 3.49. The number of anilines is 8. The van der Waals surface area contributed by atoms with Gasteiger partial charge in [-0.2, -0.15) is 0 Å². The summed E-state index contributed by atoms with van der Waals surface area (Å²) in [7, 11) is 0. The molecule has 0 atom stereocenters. The van der Waals surface area contributed by atoms with E-state index in [1.165, 1.54) is 11.1 Å². The first-order valence-corrected chi connectivity index (χ1v) is 9.62. The molecule has 4 aromatic rings. The molecule has 7 N–H and O–H groups in total. The number of nitrogens with two attached hydrogens (primary N) is 2. The molecule has 3 heterocycles. The molecule has 0 saturated carbocycles. The van der Waals surface area contributed by atoms with Crippen LogP contribution >= 0.6 is 0 Å². The minimum Gasteiger partial charge on any atom is -0.397 e. The standard InChI is InChI=1S/C23H21N7/c24-16-2-8-23(27-12-16)29-18-3-1-14-9-15-10-17(4-6-20(15)30-21(14)11-18)28-19-5-7-22(25)26-13-19/h1-8,10-13,28,30H,9,24H2,(H2,25,26)(H,27,29). The van der Waals surface area contributed by atoms with Crippen LogP contribution in [0.1, 0.15) is 11.1 Å². The Kier molecular flexibility index (Phi) is 4.33. The Morgan fingerprint density at radius 3 is 2.33 bits per heavy atom. The van der Waals surface area contributed by atoms with Crippen molar-refractivity contribution >= 4 is 45.8 Å². The van der Waals surface area contributed by atoms with E-state index < -0.39 is 0 Å². The van der Waals surface area contributed by atoms with Gasteiger partial charge in [0.1, 0.15) is 11.6 Å². The Morgan fingerprint density at radius 1 is 0.700 bits per heavy atom. The molecule has 0 unspecified atom stereocenters. The average molecular weight is 395 g/mol. The van der Waals surface area contributed by atoms with Crippen LogP contribution < -0.4 is 27.4 Å². The van der Waals surface area contributed by atoms with Crippen LogP contribution in [0, 0.1) is 0 Å². The Balaban J connectivity index is 1.34. The molecule has 0 spiro atoms. The van der Waals surface area contributed by atoms with Gasteiger partial charge in [0.2, 0.25) is 0 Å². The monoisotopic (exact) mass is 395 g/mol. The van der Waals surface area contributed by atoms with Gasteiger partial charge in [0.05, 0.1) is 23.8 Å². The topological polar surface area (TPSA) is 114 Å². The molecule has 7 nitrogen and oxygen atoms in total. The van der Waals surface area contributed by atoms with Crippen molar-refractivity contribution < 1.29 is 0 Å². The molecule has 0 bridgehead atoms. The molecule has 148 valence electrons. The number of benzene rings is 2. The average Bonchev–Trinajstić information content (AvgIpc) is 2.75. The normalized spacial score (nSPS) is 11.7.